The molecule has 0 aliphatic rings. The van der Waals surface area contributed by atoms with Crippen molar-refractivity contribution in [1.82, 2.24) is 9.97 Å². The van der Waals surface area contributed by atoms with Crippen molar-refractivity contribution in [3.8, 4) is 22.6 Å². The third-order valence-corrected chi connectivity index (χ3v) is 2.24. The summed E-state index contributed by atoms with van der Waals surface area (Å²) in [6, 6.07) is 5.67. The van der Waals surface area contributed by atoms with E-state index in [0.717, 1.165) is 11.1 Å². The van der Waals surface area contributed by atoms with E-state index in [-0.39, 0.29) is 0 Å². The Morgan fingerprint density at radius 1 is 0.938 bits per heavy atom. The van der Waals surface area contributed by atoms with Crippen LogP contribution in [-0.2, 0) is 0 Å². The minimum atomic E-state index is 0.688. The van der Waals surface area contributed by atoms with Crippen LogP contribution >= 0.6 is 0 Å². The Hall–Kier alpha value is -2.10. The highest BCUT2D eigenvalue weighted by atomic mass is 16.5. The summed E-state index contributed by atoms with van der Waals surface area (Å²) in [7, 11) is 3.22. The maximum absolute atomic E-state index is 5.22. The van der Waals surface area contributed by atoms with Crippen molar-refractivity contribution in [2.45, 2.75) is 0 Å². The molecule has 1 radical (unpaired) electrons. The van der Waals surface area contributed by atoms with Gasteiger partial charge >= 0.3 is 0 Å². The van der Waals surface area contributed by atoms with Crippen molar-refractivity contribution >= 4 is 0 Å². The summed E-state index contributed by atoms with van der Waals surface area (Å²) in [5, 5.41) is 0. The number of methoxy groups -OCH3 is 2. The van der Waals surface area contributed by atoms with E-state index < -0.39 is 0 Å². The molecule has 0 bridgehead atoms. The number of aromatic nitrogens is 2. The molecule has 0 saturated carbocycles. The van der Waals surface area contributed by atoms with Crippen molar-refractivity contribution < 1.29 is 9.47 Å². The third-order valence-electron chi connectivity index (χ3n) is 2.24. The van der Waals surface area contributed by atoms with Crippen molar-refractivity contribution in [3.05, 3.63) is 36.9 Å². The van der Waals surface area contributed by atoms with E-state index in [1.807, 2.05) is 18.2 Å². The topological polar surface area (TPSA) is 44.2 Å². The fourth-order valence-electron chi connectivity index (χ4n) is 1.43. The van der Waals surface area contributed by atoms with Gasteiger partial charge in [-0.15, -0.1) is 0 Å². The Morgan fingerprint density at radius 2 is 1.62 bits per heavy atom. The minimum absolute atomic E-state index is 0.688. The number of rotatable bonds is 3. The second-order valence-corrected chi connectivity index (χ2v) is 3.14. The molecule has 2 aromatic rings. The van der Waals surface area contributed by atoms with Crippen LogP contribution in [0.15, 0.2) is 30.6 Å². The molecule has 0 amide bonds. The van der Waals surface area contributed by atoms with E-state index in [0.29, 0.717) is 11.5 Å². The van der Waals surface area contributed by atoms with Gasteiger partial charge in [-0.3, -0.25) is 0 Å². The predicted molar refractivity (Wildman–Crippen MR) is 59.4 cm³/mol. The van der Waals surface area contributed by atoms with Crippen LogP contribution in [0.2, 0.25) is 0 Å². The third kappa shape index (κ3) is 1.95. The summed E-state index contributed by atoms with van der Waals surface area (Å²) < 4.78 is 10.4. The molecule has 4 heteroatoms. The number of nitrogens with zero attached hydrogens (tertiary/aromatic N) is 2. The smallest absolute Gasteiger partial charge is 0.197 e. The summed E-state index contributed by atoms with van der Waals surface area (Å²) in [4.78, 5) is 7.70. The molecule has 1 aromatic heterocycles. The zero-order chi connectivity index (χ0) is 11.4. The van der Waals surface area contributed by atoms with Crippen molar-refractivity contribution in [1.29, 1.82) is 0 Å². The number of hydrogen-bond acceptors (Lipinski definition) is 4. The average molecular weight is 215 g/mol. The zero-order valence-electron chi connectivity index (χ0n) is 9.10. The Morgan fingerprint density at radius 3 is 2.25 bits per heavy atom. The van der Waals surface area contributed by atoms with Crippen LogP contribution in [-0.4, -0.2) is 24.2 Å². The van der Waals surface area contributed by atoms with Gasteiger partial charge in [0.15, 0.2) is 17.8 Å². The van der Waals surface area contributed by atoms with E-state index in [4.69, 9.17) is 9.47 Å². The van der Waals surface area contributed by atoms with Gasteiger partial charge in [-0.25, -0.2) is 9.97 Å². The Balaban J connectivity index is 2.44. The minimum Gasteiger partial charge on any atom is -0.493 e. The van der Waals surface area contributed by atoms with Gasteiger partial charge < -0.3 is 9.47 Å². The first-order valence-electron chi connectivity index (χ1n) is 4.75. The van der Waals surface area contributed by atoms with Crippen LogP contribution in [0.25, 0.3) is 11.1 Å². The van der Waals surface area contributed by atoms with Crippen molar-refractivity contribution in [2.24, 2.45) is 0 Å². The van der Waals surface area contributed by atoms with Crippen molar-refractivity contribution in [2.75, 3.05) is 14.2 Å². The van der Waals surface area contributed by atoms with E-state index in [1.165, 1.54) is 0 Å². The molecule has 4 nitrogen and oxygen atoms in total. The van der Waals surface area contributed by atoms with Gasteiger partial charge in [-0.1, -0.05) is 6.07 Å². The lowest BCUT2D eigenvalue weighted by molar-refractivity contribution is 0.355. The molecule has 0 spiro atoms. The number of benzene rings is 1. The second kappa shape index (κ2) is 4.61. The number of hydrogen-bond donors (Lipinski definition) is 0. The summed E-state index contributed by atoms with van der Waals surface area (Å²) in [5.74, 6) is 1.39. The monoisotopic (exact) mass is 215 g/mol. The highest BCUT2D eigenvalue weighted by molar-refractivity contribution is 5.65. The fraction of sp³-hybridized carbons (Fsp3) is 0.167. The van der Waals surface area contributed by atoms with Gasteiger partial charge in [-0.05, 0) is 17.7 Å². The quantitative estimate of drug-likeness (QED) is 0.785. The molecule has 2 rings (SSSR count). The predicted octanol–water partition coefficient (Wildman–Crippen LogP) is 1.96. The maximum Gasteiger partial charge on any atom is 0.197 e. The summed E-state index contributed by atoms with van der Waals surface area (Å²) in [6.07, 6.45) is 5.90. The van der Waals surface area contributed by atoms with Crippen LogP contribution in [0, 0.1) is 6.33 Å². The molecule has 0 aliphatic heterocycles. The zero-order valence-corrected chi connectivity index (χ0v) is 9.10. The van der Waals surface area contributed by atoms with Crippen molar-refractivity contribution in [3.63, 3.8) is 0 Å². The Labute approximate surface area is 93.9 Å². The maximum atomic E-state index is 5.22. The van der Waals surface area contributed by atoms with Crippen LogP contribution in [0.3, 0.4) is 0 Å². The Bertz CT molecular complexity index is 472. The number of ether oxygens (including phenoxy) is 2. The van der Waals surface area contributed by atoms with Gasteiger partial charge in [0.2, 0.25) is 0 Å². The molecule has 0 N–H and O–H groups in total. The van der Waals surface area contributed by atoms with E-state index in [1.54, 1.807) is 26.6 Å². The lowest BCUT2D eigenvalue weighted by Gasteiger charge is -2.09. The highest BCUT2D eigenvalue weighted by Gasteiger charge is 2.05. The molecule has 0 atom stereocenters. The molecule has 1 aromatic carbocycles. The molecule has 0 fully saturated rings. The summed E-state index contributed by atoms with van der Waals surface area (Å²) in [6.45, 7) is 0. The van der Waals surface area contributed by atoms with Crippen LogP contribution in [0.1, 0.15) is 0 Å². The fourth-order valence-corrected chi connectivity index (χ4v) is 1.43. The molecule has 16 heavy (non-hydrogen) atoms. The standard InChI is InChI=1S/C12H11N2O2/c1-15-11-4-3-9(5-12(11)16-2)10-6-13-8-14-7-10/h3-7H,1-2H3. The van der Waals surface area contributed by atoms with Crippen LogP contribution < -0.4 is 9.47 Å². The summed E-state index contributed by atoms with van der Waals surface area (Å²) >= 11 is 0. The molecule has 0 saturated heterocycles. The van der Waals surface area contributed by atoms with E-state index >= 15 is 0 Å². The molecular formula is C12H11N2O2. The SMILES string of the molecule is COc1ccc(-c2cn[c]nc2)cc1OC. The van der Waals surface area contributed by atoms with Gasteiger partial charge in [0.1, 0.15) is 0 Å². The molecule has 0 unspecified atom stereocenters. The normalized spacial score (nSPS) is 9.88. The summed E-state index contributed by atoms with van der Waals surface area (Å²) in [5.41, 5.74) is 1.89. The molecular weight excluding hydrogens is 204 g/mol. The first-order chi connectivity index (χ1) is 7.85. The van der Waals surface area contributed by atoms with Gasteiger partial charge in [0.25, 0.3) is 0 Å². The second-order valence-electron chi connectivity index (χ2n) is 3.14. The lowest BCUT2D eigenvalue weighted by Crippen LogP contribution is -1.91. The van der Waals surface area contributed by atoms with Gasteiger partial charge in [0, 0.05) is 18.0 Å². The molecule has 1 heterocycles. The van der Waals surface area contributed by atoms with E-state index in [2.05, 4.69) is 16.3 Å². The van der Waals surface area contributed by atoms with E-state index in [9.17, 15) is 0 Å². The van der Waals surface area contributed by atoms with Gasteiger partial charge in [-0.2, -0.15) is 0 Å². The largest absolute Gasteiger partial charge is 0.493 e. The first kappa shape index (κ1) is 10.4. The first-order valence-corrected chi connectivity index (χ1v) is 4.75. The highest BCUT2D eigenvalue weighted by Crippen LogP contribution is 2.31. The molecule has 81 valence electrons. The molecule has 0 aliphatic carbocycles. The van der Waals surface area contributed by atoms with Crippen LogP contribution in [0.4, 0.5) is 0 Å². The van der Waals surface area contributed by atoms with Gasteiger partial charge in [0.05, 0.1) is 14.2 Å². The van der Waals surface area contributed by atoms with Crippen LogP contribution in [0.5, 0.6) is 11.5 Å². The Kier molecular flexibility index (Phi) is 3.00. The lowest BCUT2D eigenvalue weighted by atomic mass is 10.1. The average Bonchev–Trinajstić information content (AvgIpc) is 2.39.